The summed E-state index contributed by atoms with van der Waals surface area (Å²) in [6.07, 6.45) is 11.6. The number of amides is 2. The lowest BCUT2D eigenvalue weighted by Crippen LogP contribution is -2.24. The summed E-state index contributed by atoms with van der Waals surface area (Å²) in [4.78, 5) is 29.4. The number of carbonyl (C=O) groups excluding carboxylic acids is 2. The van der Waals surface area contributed by atoms with E-state index < -0.39 is 0 Å². The Hall–Kier alpha value is -2.12. The van der Waals surface area contributed by atoms with Crippen molar-refractivity contribution >= 4 is 23.7 Å². The fourth-order valence-electron chi connectivity index (χ4n) is 2.37. The highest BCUT2D eigenvalue weighted by Gasteiger charge is 2.01. The van der Waals surface area contributed by atoms with Gasteiger partial charge in [0.25, 0.3) is 0 Å². The van der Waals surface area contributed by atoms with Gasteiger partial charge in [0.05, 0.1) is 0 Å². The molecular weight excluding hydrogens is 308 g/mol. The predicted molar refractivity (Wildman–Crippen MR) is 97.0 cm³/mol. The van der Waals surface area contributed by atoms with Crippen LogP contribution < -0.4 is 22.9 Å². The molecule has 24 heavy (non-hydrogen) atoms. The van der Waals surface area contributed by atoms with Crippen molar-refractivity contribution in [2.75, 3.05) is 0 Å². The van der Waals surface area contributed by atoms with Gasteiger partial charge in [0, 0.05) is 12.8 Å². The zero-order valence-electron chi connectivity index (χ0n) is 14.5. The molecule has 0 aliphatic carbocycles. The van der Waals surface area contributed by atoms with E-state index in [9.17, 15) is 9.59 Å². The largest absolute Gasteiger partial charge is 0.370 e. The molecular formula is C16H32N6O2. The van der Waals surface area contributed by atoms with Gasteiger partial charge in [-0.2, -0.15) is 9.98 Å². The van der Waals surface area contributed by atoms with Crippen molar-refractivity contribution in [3.63, 3.8) is 0 Å². The minimum atomic E-state index is -0.242. The van der Waals surface area contributed by atoms with Crippen molar-refractivity contribution in [1.82, 2.24) is 0 Å². The molecule has 0 aliphatic heterocycles. The fourth-order valence-corrected chi connectivity index (χ4v) is 2.37. The zero-order chi connectivity index (χ0) is 18.2. The van der Waals surface area contributed by atoms with Gasteiger partial charge in [-0.15, -0.1) is 0 Å². The second-order valence-corrected chi connectivity index (χ2v) is 5.90. The lowest BCUT2D eigenvalue weighted by atomic mass is 10.0. The number of rotatable bonds is 13. The number of guanidine groups is 2. The van der Waals surface area contributed by atoms with E-state index in [2.05, 4.69) is 9.98 Å². The third kappa shape index (κ3) is 16.3. The van der Waals surface area contributed by atoms with Gasteiger partial charge >= 0.3 is 0 Å². The van der Waals surface area contributed by atoms with Crippen molar-refractivity contribution in [2.45, 2.75) is 77.0 Å². The van der Waals surface area contributed by atoms with Gasteiger partial charge in [-0.05, 0) is 12.8 Å². The van der Waals surface area contributed by atoms with E-state index in [4.69, 9.17) is 22.9 Å². The van der Waals surface area contributed by atoms with Gasteiger partial charge in [-0.25, -0.2) is 0 Å². The quantitative estimate of drug-likeness (QED) is 0.224. The van der Waals surface area contributed by atoms with E-state index in [-0.39, 0.29) is 23.7 Å². The average molecular weight is 340 g/mol. The first-order valence-electron chi connectivity index (χ1n) is 8.66. The Morgan fingerprint density at radius 1 is 0.500 bits per heavy atom. The number of nitrogens with zero attached hydrogens (tertiary/aromatic N) is 2. The highest BCUT2D eigenvalue weighted by atomic mass is 16.1. The molecule has 0 aromatic heterocycles. The van der Waals surface area contributed by atoms with Crippen molar-refractivity contribution < 1.29 is 9.59 Å². The van der Waals surface area contributed by atoms with E-state index in [0.29, 0.717) is 12.8 Å². The minimum Gasteiger partial charge on any atom is -0.370 e. The first-order chi connectivity index (χ1) is 11.4. The van der Waals surface area contributed by atoms with Gasteiger partial charge in [0.2, 0.25) is 11.8 Å². The summed E-state index contributed by atoms with van der Waals surface area (Å²) in [6, 6.07) is 0. The van der Waals surface area contributed by atoms with Crippen LogP contribution in [-0.2, 0) is 9.59 Å². The molecule has 0 fully saturated rings. The molecule has 8 heteroatoms. The summed E-state index contributed by atoms with van der Waals surface area (Å²) in [7, 11) is 0. The lowest BCUT2D eigenvalue weighted by molar-refractivity contribution is -0.118. The molecule has 2 amide bonds. The molecule has 0 aromatic rings. The van der Waals surface area contributed by atoms with Crippen LogP contribution in [0.5, 0.6) is 0 Å². The van der Waals surface area contributed by atoms with Gasteiger partial charge in [-0.1, -0.05) is 51.4 Å². The summed E-state index contributed by atoms with van der Waals surface area (Å²) in [5.74, 6) is -0.817. The second-order valence-electron chi connectivity index (χ2n) is 5.90. The van der Waals surface area contributed by atoms with Crippen LogP contribution in [0.25, 0.3) is 0 Å². The molecule has 0 saturated carbocycles. The van der Waals surface area contributed by atoms with E-state index in [1.54, 1.807) is 0 Å². The van der Waals surface area contributed by atoms with Crippen LogP contribution >= 0.6 is 0 Å². The van der Waals surface area contributed by atoms with E-state index in [0.717, 1.165) is 38.5 Å². The highest BCUT2D eigenvalue weighted by Crippen LogP contribution is 2.12. The molecule has 0 saturated heterocycles. The van der Waals surface area contributed by atoms with Crippen molar-refractivity contribution in [3.8, 4) is 0 Å². The van der Waals surface area contributed by atoms with Crippen molar-refractivity contribution in [2.24, 2.45) is 32.9 Å². The van der Waals surface area contributed by atoms with Crippen molar-refractivity contribution in [1.29, 1.82) is 0 Å². The first-order valence-corrected chi connectivity index (χ1v) is 8.66. The van der Waals surface area contributed by atoms with Crippen LogP contribution in [0.4, 0.5) is 0 Å². The third-order valence-electron chi connectivity index (χ3n) is 3.54. The summed E-state index contributed by atoms with van der Waals surface area (Å²) >= 11 is 0. The summed E-state index contributed by atoms with van der Waals surface area (Å²) in [6.45, 7) is 0. The molecule has 8 nitrogen and oxygen atoms in total. The fraction of sp³-hybridized carbons (Fsp3) is 0.750. The SMILES string of the molecule is NC(N)=NC(=O)CCCCCCCCCCCCC(=O)N=C(N)N. The maximum Gasteiger partial charge on any atom is 0.248 e. The second kappa shape index (κ2) is 14.5. The maximum absolute atomic E-state index is 11.2. The van der Waals surface area contributed by atoms with Crippen molar-refractivity contribution in [3.05, 3.63) is 0 Å². The number of aliphatic imine (C=N–C) groups is 2. The Balaban J connectivity index is 3.29. The standard InChI is InChI=1S/C16H32N6O2/c17-15(18)21-13(23)11-9-7-5-3-1-2-4-6-8-10-12-14(24)22-16(19)20/h1-12H2,(H4,17,18,21,23)(H4,19,20,22,24). The van der Waals surface area contributed by atoms with Gasteiger partial charge in [0.1, 0.15) is 0 Å². The van der Waals surface area contributed by atoms with Crippen LogP contribution in [0.1, 0.15) is 77.0 Å². The number of unbranched alkanes of at least 4 members (excludes halogenated alkanes) is 9. The van der Waals surface area contributed by atoms with Gasteiger partial charge < -0.3 is 22.9 Å². The summed E-state index contributed by atoms with van der Waals surface area (Å²) in [5.41, 5.74) is 20.5. The zero-order valence-corrected chi connectivity index (χ0v) is 14.5. The van der Waals surface area contributed by atoms with Crippen LogP contribution in [0, 0.1) is 0 Å². The Morgan fingerprint density at radius 2 is 0.750 bits per heavy atom. The third-order valence-corrected chi connectivity index (χ3v) is 3.54. The van der Waals surface area contributed by atoms with Gasteiger partial charge in [0.15, 0.2) is 11.9 Å². The number of hydrogen-bond donors (Lipinski definition) is 4. The smallest absolute Gasteiger partial charge is 0.248 e. The molecule has 0 rings (SSSR count). The normalized spacial score (nSPS) is 10.2. The molecule has 0 aromatic carbocycles. The maximum atomic E-state index is 11.2. The summed E-state index contributed by atoms with van der Waals surface area (Å²) in [5, 5.41) is 0. The Bertz CT molecular complexity index is 386. The van der Waals surface area contributed by atoms with Crippen LogP contribution in [0.15, 0.2) is 9.98 Å². The number of carbonyl (C=O) groups is 2. The highest BCUT2D eigenvalue weighted by molar-refractivity contribution is 5.91. The summed E-state index contributed by atoms with van der Waals surface area (Å²) < 4.78 is 0. The molecule has 138 valence electrons. The predicted octanol–water partition coefficient (Wildman–Crippen LogP) is 1.27. The Kier molecular flexibility index (Phi) is 13.2. The number of nitrogens with two attached hydrogens (primary N) is 4. The van der Waals surface area contributed by atoms with Crippen LogP contribution in [-0.4, -0.2) is 23.7 Å². The molecule has 0 aliphatic rings. The monoisotopic (exact) mass is 340 g/mol. The molecule has 0 bridgehead atoms. The van der Waals surface area contributed by atoms with Crippen LogP contribution in [0.3, 0.4) is 0 Å². The molecule has 8 N–H and O–H groups in total. The molecule has 0 unspecified atom stereocenters. The van der Waals surface area contributed by atoms with E-state index in [1.165, 1.54) is 25.7 Å². The van der Waals surface area contributed by atoms with E-state index >= 15 is 0 Å². The van der Waals surface area contributed by atoms with Crippen LogP contribution in [0.2, 0.25) is 0 Å². The molecule has 0 spiro atoms. The first kappa shape index (κ1) is 21.9. The lowest BCUT2D eigenvalue weighted by Gasteiger charge is -2.02. The Morgan fingerprint density at radius 3 is 1.00 bits per heavy atom. The molecule has 0 atom stereocenters. The van der Waals surface area contributed by atoms with Gasteiger partial charge in [-0.3, -0.25) is 9.59 Å². The average Bonchev–Trinajstić information content (AvgIpc) is 2.46. The molecule has 0 radical (unpaired) electrons. The van der Waals surface area contributed by atoms with E-state index in [1.807, 2.05) is 0 Å². The molecule has 0 heterocycles. The number of hydrogen-bond acceptors (Lipinski definition) is 2. The minimum absolute atomic E-state index is 0.166. The topological polar surface area (TPSA) is 163 Å². The Labute approximate surface area is 144 Å².